The van der Waals surface area contributed by atoms with E-state index in [0.29, 0.717) is 21.2 Å². The third kappa shape index (κ3) is 6.71. The second-order valence-corrected chi connectivity index (χ2v) is 15.4. The van der Waals surface area contributed by atoms with E-state index in [4.69, 9.17) is 27.9 Å². The monoisotopic (exact) mass is 583 g/mol. The van der Waals surface area contributed by atoms with Crippen molar-refractivity contribution >= 4 is 44.9 Å². The van der Waals surface area contributed by atoms with Gasteiger partial charge in [-0.05, 0) is 61.6 Å². The maximum atomic E-state index is 14.1. The fourth-order valence-electron chi connectivity index (χ4n) is 4.55. The lowest BCUT2D eigenvalue weighted by Gasteiger charge is -2.51. The molecule has 1 aliphatic heterocycles. The first kappa shape index (κ1) is 30.4. The number of hydrogen-bond acceptors (Lipinski definition) is 5. The van der Waals surface area contributed by atoms with Crippen LogP contribution in [0.4, 0.5) is 0 Å². The van der Waals surface area contributed by atoms with E-state index in [1.54, 1.807) is 69.3 Å². The summed E-state index contributed by atoms with van der Waals surface area (Å²) < 4.78 is 32.2. The summed E-state index contributed by atoms with van der Waals surface area (Å²) in [4.78, 5) is 27.4. The van der Waals surface area contributed by atoms with Gasteiger partial charge in [0.15, 0.2) is 9.84 Å². The minimum atomic E-state index is -3.69. The molecule has 3 rings (SSSR count). The summed E-state index contributed by atoms with van der Waals surface area (Å²) in [6.07, 6.45) is -2.70. The largest absolute Gasteiger partial charge is 0.481 e. The second kappa shape index (κ2) is 11.2. The van der Waals surface area contributed by atoms with Gasteiger partial charge in [-0.2, -0.15) is 0 Å². The molecule has 2 aromatic carbocycles. The Labute approximate surface area is 235 Å². The number of carboxylic acid groups (broad SMARTS) is 1. The quantitative estimate of drug-likeness (QED) is 0.422. The molecular weight excluding hydrogens is 549 g/mol. The van der Waals surface area contributed by atoms with Crippen LogP contribution in [0.15, 0.2) is 48.5 Å². The molecule has 38 heavy (non-hydrogen) atoms. The van der Waals surface area contributed by atoms with Crippen molar-refractivity contribution in [3.05, 3.63) is 69.7 Å². The average Bonchev–Trinajstić information content (AvgIpc) is 2.78. The number of aliphatic carboxylic acids is 1. The van der Waals surface area contributed by atoms with Crippen LogP contribution in [0.1, 0.15) is 71.2 Å². The Kier molecular flexibility index (Phi) is 8.93. The van der Waals surface area contributed by atoms with Crippen molar-refractivity contribution in [1.29, 1.82) is 0 Å². The third-order valence-electron chi connectivity index (χ3n) is 6.82. The number of morpholine rings is 1. The molecule has 0 spiro atoms. The summed E-state index contributed by atoms with van der Waals surface area (Å²) in [6.45, 7) is 10.5. The number of ether oxygens (including phenoxy) is 1. The van der Waals surface area contributed by atoms with Crippen LogP contribution in [0.5, 0.6) is 0 Å². The van der Waals surface area contributed by atoms with Crippen LogP contribution >= 0.6 is 23.2 Å². The number of rotatable bonds is 7. The molecule has 0 saturated carbocycles. The van der Waals surface area contributed by atoms with Crippen molar-refractivity contribution in [1.82, 2.24) is 4.90 Å². The van der Waals surface area contributed by atoms with Gasteiger partial charge in [0.25, 0.3) is 5.91 Å². The van der Waals surface area contributed by atoms with E-state index < -0.39 is 62.6 Å². The molecule has 10 heteroatoms. The highest BCUT2D eigenvalue weighted by atomic mass is 35.5. The predicted octanol–water partition coefficient (Wildman–Crippen LogP) is 6.11. The molecule has 1 heterocycles. The van der Waals surface area contributed by atoms with Crippen molar-refractivity contribution in [2.75, 3.05) is 5.75 Å². The Morgan fingerprint density at radius 3 is 2.11 bits per heavy atom. The molecule has 1 saturated heterocycles. The summed E-state index contributed by atoms with van der Waals surface area (Å²) >= 11 is 12.5. The Hall–Kier alpha value is -2.13. The van der Waals surface area contributed by atoms with Gasteiger partial charge in [0.05, 0.1) is 29.0 Å². The van der Waals surface area contributed by atoms with E-state index in [0.717, 1.165) is 0 Å². The van der Waals surface area contributed by atoms with E-state index in [1.807, 2.05) is 20.8 Å². The van der Waals surface area contributed by atoms with Gasteiger partial charge in [0, 0.05) is 10.0 Å². The molecule has 1 amide bonds. The van der Waals surface area contributed by atoms with Crippen molar-refractivity contribution in [2.24, 2.45) is 5.41 Å². The highest BCUT2D eigenvalue weighted by molar-refractivity contribution is 7.92. The number of amides is 1. The predicted molar refractivity (Wildman–Crippen MR) is 149 cm³/mol. The van der Waals surface area contributed by atoms with Gasteiger partial charge in [-0.1, -0.05) is 68.2 Å². The van der Waals surface area contributed by atoms with Crippen LogP contribution in [-0.2, 0) is 24.2 Å². The Morgan fingerprint density at radius 1 is 1.00 bits per heavy atom. The molecular formula is C28H35Cl2NO6S. The molecule has 1 aliphatic rings. The van der Waals surface area contributed by atoms with E-state index in [9.17, 15) is 23.1 Å². The Morgan fingerprint density at radius 2 is 1.61 bits per heavy atom. The number of nitrogens with zero attached hydrogens (tertiary/aromatic N) is 1. The van der Waals surface area contributed by atoms with Gasteiger partial charge in [0.2, 0.25) is 0 Å². The number of hydrogen-bond donors (Lipinski definition) is 1. The van der Waals surface area contributed by atoms with Crippen LogP contribution in [0.25, 0.3) is 0 Å². The Balaban J connectivity index is 2.30. The number of sulfone groups is 1. The van der Waals surface area contributed by atoms with Gasteiger partial charge in [-0.25, -0.2) is 8.42 Å². The molecule has 0 aromatic heterocycles. The fourth-order valence-corrected chi connectivity index (χ4v) is 6.45. The number of benzene rings is 2. The summed E-state index contributed by atoms with van der Waals surface area (Å²) in [5.74, 6) is -2.08. The third-order valence-corrected chi connectivity index (χ3v) is 9.93. The fraction of sp³-hybridized carbons (Fsp3) is 0.500. The van der Waals surface area contributed by atoms with Crippen molar-refractivity contribution in [3.63, 3.8) is 0 Å². The van der Waals surface area contributed by atoms with Gasteiger partial charge in [0.1, 0.15) is 12.2 Å². The standard InChI is InChI=1S/C28H35Cl2NO6S/c1-27(2,3)22(16-38(35,36)28(4,5)6)31-24(17-10-12-19(29)13-11-17)25(18-8-7-9-20(30)14-18)37-21(26(31)34)15-23(32)33/h7-14,21-22,24-25H,15-16H2,1-6H3,(H,32,33)/t21-,22-,24?,25-/m1/s1. The molecule has 0 aliphatic carbocycles. The zero-order valence-corrected chi connectivity index (χ0v) is 24.8. The van der Waals surface area contributed by atoms with Crippen LogP contribution in [0.3, 0.4) is 0 Å². The lowest BCUT2D eigenvalue weighted by molar-refractivity contribution is -0.186. The van der Waals surface area contributed by atoms with Crippen LogP contribution in [0, 0.1) is 5.41 Å². The number of carboxylic acids is 1. The lowest BCUT2D eigenvalue weighted by Crippen LogP contribution is -2.60. The van der Waals surface area contributed by atoms with E-state index in [-0.39, 0.29) is 5.75 Å². The summed E-state index contributed by atoms with van der Waals surface area (Å²) in [5.41, 5.74) is 0.614. The summed E-state index contributed by atoms with van der Waals surface area (Å²) in [7, 11) is -3.69. The summed E-state index contributed by atoms with van der Waals surface area (Å²) in [6, 6.07) is 12.3. The smallest absolute Gasteiger partial charge is 0.306 e. The number of carbonyl (C=O) groups excluding carboxylic acids is 1. The highest BCUT2D eigenvalue weighted by Gasteiger charge is 2.51. The Bertz CT molecular complexity index is 1280. The van der Waals surface area contributed by atoms with Crippen molar-refractivity contribution < 1.29 is 27.9 Å². The summed E-state index contributed by atoms with van der Waals surface area (Å²) in [5, 5.41) is 10.5. The molecule has 0 radical (unpaired) electrons. The molecule has 208 valence electrons. The number of halogens is 2. The molecule has 7 nitrogen and oxygen atoms in total. The molecule has 1 unspecified atom stereocenters. The number of carbonyl (C=O) groups is 2. The normalized spacial score (nSPS) is 21.8. The van der Waals surface area contributed by atoms with Crippen LogP contribution in [-0.4, -0.2) is 52.9 Å². The van der Waals surface area contributed by atoms with E-state index in [1.165, 1.54) is 4.90 Å². The van der Waals surface area contributed by atoms with Gasteiger partial charge < -0.3 is 14.7 Å². The SMILES string of the molecule is CC(C)(C)[C@@H](CS(=O)(=O)C(C)(C)C)N1C(=O)[C@@H](CC(=O)O)O[C@H](c2cccc(Cl)c2)C1c1ccc(Cl)cc1. The van der Waals surface area contributed by atoms with Gasteiger partial charge in [-0.3, -0.25) is 9.59 Å². The molecule has 1 fully saturated rings. The van der Waals surface area contributed by atoms with Gasteiger partial charge >= 0.3 is 5.97 Å². The average molecular weight is 585 g/mol. The molecule has 0 bridgehead atoms. The van der Waals surface area contributed by atoms with Crippen molar-refractivity contribution in [3.8, 4) is 0 Å². The van der Waals surface area contributed by atoms with E-state index >= 15 is 0 Å². The van der Waals surface area contributed by atoms with Gasteiger partial charge in [-0.15, -0.1) is 0 Å². The first-order chi connectivity index (χ1) is 17.4. The van der Waals surface area contributed by atoms with Crippen LogP contribution in [0.2, 0.25) is 10.0 Å². The lowest BCUT2D eigenvalue weighted by atomic mass is 9.82. The maximum Gasteiger partial charge on any atom is 0.306 e. The molecule has 2 aromatic rings. The maximum absolute atomic E-state index is 14.1. The molecule has 1 N–H and O–H groups in total. The highest BCUT2D eigenvalue weighted by Crippen LogP contribution is 2.47. The van der Waals surface area contributed by atoms with Crippen LogP contribution < -0.4 is 0 Å². The minimum absolute atomic E-state index is 0.308. The second-order valence-electron chi connectivity index (χ2n) is 11.7. The first-order valence-corrected chi connectivity index (χ1v) is 14.8. The first-order valence-electron chi connectivity index (χ1n) is 12.3. The zero-order valence-electron chi connectivity index (χ0n) is 22.4. The van der Waals surface area contributed by atoms with E-state index in [2.05, 4.69) is 0 Å². The topological polar surface area (TPSA) is 101 Å². The minimum Gasteiger partial charge on any atom is -0.481 e. The molecule has 4 atom stereocenters. The van der Waals surface area contributed by atoms with Crippen molar-refractivity contribution in [2.45, 2.75) is 77.0 Å². The zero-order chi connectivity index (χ0) is 28.6.